The van der Waals surface area contributed by atoms with E-state index >= 15 is 0 Å². The summed E-state index contributed by atoms with van der Waals surface area (Å²) in [6.45, 7) is 6.85. The molecule has 0 aromatic carbocycles. The van der Waals surface area contributed by atoms with E-state index in [0.717, 1.165) is 31.3 Å². The molecule has 0 unspecified atom stereocenters. The average molecular weight is 262 g/mol. The zero-order chi connectivity index (χ0) is 11.5. The summed E-state index contributed by atoms with van der Waals surface area (Å²) in [5, 5.41) is 8.88. The Kier molecular flexibility index (Phi) is 4.00. The third-order valence-corrected chi connectivity index (χ3v) is 3.66. The van der Waals surface area contributed by atoms with Crippen LogP contribution in [0.4, 0.5) is 5.13 Å². The van der Waals surface area contributed by atoms with E-state index in [-0.39, 0.29) is 0 Å². The van der Waals surface area contributed by atoms with Gasteiger partial charge in [-0.3, -0.25) is 0 Å². The van der Waals surface area contributed by atoms with Gasteiger partial charge in [-0.25, -0.2) is 0 Å². The molecule has 0 aliphatic carbocycles. The van der Waals surface area contributed by atoms with Crippen molar-refractivity contribution in [1.29, 1.82) is 0 Å². The molecule has 2 heterocycles. The fourth-order valence-corrected chi connectivity index (χ4v) is 2.88. The quantitative estimate of drug-likeness (QED) is 0.838. The van der Waals surface area contributed by atoms with Crippen LogP contribution in [0, 0.1) is 5.92 Å². The summed E-state index contributed by atoms with van der Waals surface area (Å²) in [6.07, 6.45) is 1.11. The summed E-state index contributed by atoms with van der Waals surface area (Å²) >= 11 is 7.26. The fraction of sp³-hybridized carbons (Fsp3) is 0.800. The molecule has 0 bridgehead atoms. The number of ether oxygens (including phenoxy) is 1. The summed E-state index contributed by atoms with van der Waals surface area (Å²) in [5.41, 5.74) is 0. The summed E-state index contributed by atoms with van der Waals surface area (Å²) in [6, 6.07) is 0.401. The maximum absolute atomic E-state index is 5.82. The van der Waals surface area contributed by atoms with Gasteiger partial charge in [0.15, 0.2) is 0 Å². The molecule has 1 aromatic rings. The van der Waals surface area contributed by atoms with Crippen molar-refractivity contribution in [3.8, 4) is 0 Å². The highest BCUT2D eigenvalue weighted by atomic mass is 35.5. The summed E-state index contributed by atoms with van der Waals surface area (Å²) in [4.78, 5) is 2.27. The number of rotatable bonds is 3. The Bertz CT molecular complexity index is 345. The van der Waals surface area contributed by atoms with Crippen molar-refractivity contribution in [2.75, 3.05) is 24.7 Å². The summed E-state index contributed by atoms with van der Waals surface area (Å²) in [7, 11) is 0. The molecule has 4 nitrogen and oxygen atoms in total. The molecule has 1 aromatic heterocycles. The maximum atomic E-state index is 5.82. The van der Waals surface area contributed by atoms with Crippen molar-refractivity contribution in [2.24, 2.45) is 5.92 Å². The highest BCUT2D eigenvalue weighted by molar-refractivity contribution is 7.19. The lowest BCUT2D eigenvalue weighted by molar-refractivity contribution is 0.0877. The van der Waals surface area contributed by atoms with Crippen LogP contribution in [-0.2, 0) is 4.74 Å². The number of hydrogen-bond acceptors (Lipinski definition) is 5. The van der Waals surface area contributed by atoms with E-state index in [0.29, 0.717) is 16.4 Å². The molecule has 16 heavy (non-hydrogen) atoms. The molecular weight excluding hydrogens is 246 g/mol. The van der Waals surface area contributed by atoms with Gasteiger partial charge in [0, 0.05) is 6.54 Å². The number of hydrogen-bond donors (Lipinski definition) is 0. The van der Waals surface area contributed by atoms with Crippen molar-refractivity contribution in [2.45, 2.75) is 26.3 Å². The zero-order valence-corrected chi connectivity index (χ0v) is 11.1. The molecule has 2 rings (SSSR count). The Balaban J connectivity index is 2.10. The molecular formula is C10H16ClN3OS. The van der Waals surface area contributed by atoms with E-state index in [1.54, 1.807) is 0 Å². The average Bonchev–Trinajstić information content (AvgIpc) is 2.65. The van der Waals surface area contributed by atoms with Crippen molar-refractivity contribution >= 4 is 28.1 Å². The van der Waals surface area contributed by atoms with E-state index in [9.17, 15) is 0 Å². The lowest BCUT2D eigenvalue weighted by Gasteiger charge is -2.36. The molecule has 1 fully saturated rings. The van der Waals surface area contributed by atoms with Gasteiger partial charge >= 0.3 is 0 Å². The van der Waals surface area contributed by atoms with Gasteiger partial charge < -0.3 is 9.64 Å². The number of morpholine rings is 1. The van der Waals surface area contributed by atoms with Gasteiger partial charge in [0.05, 0.1) is 19.3 Å². The number of anilines is 1. The molecule has 0 spiro atoms. The van der Waals surface area contributed by atoms with E-state index in [1.165, 1.54) is 11.3 Å². The van der Waals surface area contributed by atoms with Gasteiger partial charge in [-0.05, 0) is 23.9 Å². The molecule has 0 N–H and O–H groups in total. The lowest BCUT2D eigenvalue weighted by atomic mass is 10.0. The van der Waals surface area contributed by atoms with E-state index in [2.05, 4.69) is 28.9 Å². The smallest absolute Gasteiger partial charge is 0.209 e. The van der Waals surface area contributed by atoms with Crippen LogP contribution < -0.4 is 4.90 Å². The third-order valence-electron chi connectivity index (χ3n) is 2.61. The second kappa shape index (κ2) is 5.29. The first-order valence-corrected chi connectivity index (χ1v) is 6.69. The topological polar surface area (TPSA) is 38.2 Å². The van der Waals surface area contributed by atoms with Crippen LogP contribution in [0.2, 0.25) is 4.47 Å². The molecule has 1 aliphatic rings. The van der Waals surface area contributed by atoms with Crippen molar-refractivity contribution in [3.63, 3.8) is 0 Å². The Morgan fingerprint density at radius 1 is 1.56 bits per heavy atom. The van der Waals surface area contributed by atoms with Gasteiger partial charge in [-0.15, -0.1) is 10.2 Å². The SMILES string of the molecule is CC(C)C[C@H]1COCCN1c1nnc(Cl)s1. The fourth-order valence-electron chi connectivity index (χ4n) is 1.96. The first-order valence-electron chi connectivity index (χ1n) is 5.50. The summed E-state index contributed by atoms with van der Waals surface area (Å²) < 4.78 is 6.03. The lowest BCUT2D eigenvalue weighted by Crippen LogP contribution is -2.46. The Labute approximate surface area is 105 Å². The molecule has 0 amide bonds. The maximum Gasteiger partial charge on any atom is 0.209 e. The molecule has 1 atom stereocenters. The predicted octanol–water partition coefficient (Wildman–Crippen LogP) is 2.44. The van der Waals surface area contributed by atoms with Gasteiger partial charge in [0.25, 0.3) is 0 Å². The Morgan fingerprint density at radius 2 is 2.38 bits per heavy atom. The van der Waals surface area contributed by atoms with Crippen LogP contribution in [-0.4, -0.2) is 36.0 Å². The zero-order valence-electron chi connectivity index (χ0n) is 9.52. The standard InChI is InChI=1S/C10H16ClN3OS/c1-7(2)5-8-6-15-4-3-14(8)10-13-12-9(11)16-10/h7-8H,3-6H2,1-2H3/t8-/m0/s1. The van der Waals surface area contributed by atoms with Crippen LogP contribution in [0.3, 0.4) is 0 Å². The second-order valence-electron chi connectivity index (χ2n) is 4.39. The molecule has 1 aliphatic heterocycles. The van der Waals surface area contributed by atoms with Gasteiger partial charge in [-0.2, -0.15) is 0 Å². The first kappa shape index (κ1) is 12.1. The predicted molar refractivity (Wildman–Crippen MR) is 66.3 cm³/mol. The Morgan fingerprint density at radius 3 is 3.00 bits per heavy atom. The van der Waals surface area contributed by atoms with Crippen LogP contribution in [0.25, 0.3) is 0 Å². The van der Waals surface area contributed by atoms with E-state index in [4.69, 9.17) is 16.3 Å². The largest absolute Gasteiger partial charge is 0.377 e. The second-order valence-corrected chi connectivity index (χ2v) is 5.93. The van der Waals surface area contributed by atoms with Crippen LogP contribution in [0.1, 0.15) is 20.3 Å². The first-order chi connectivity index (χ1) is 7.66. The normalized spacial score (nSPS) is 21.8. The highest BCUT2D eigenvalue weighted by Gasteiger charge is 2.26. The van der Waals surface area contributed by atoms with E-state index < -0.39 is 0 Å². The van der Waals surface area contributed by atoms with Crippen molar-refractivity contribution < 1.29 is 4.74 Å². The van der Waals surface area contributed by atoms with Crippen LogP contribution in [0.5, 0.6) is 0 Å². The van der Waals surface area contributed by atoms with Gasteiger partial charge in [-0.1, -0.05) is 25.2 Å². The minimum atomic E-state index is 0.401. The number of nitrogens with zero attached hydrogens (tertiary/aromatic N) is 3. The third kappa shape index (κ3) is 2.84. The molecule has 0 radical (unpaired) electrons. The van der Waals surface area contributed by atoms with Crippen LogP contribution in [0.15, 0.2) is 0 Å². The van der Waals surface area contributed by atoms with Crippen molar-refractivity contribution in [1.82, 2.24) is 10.2 Å². The molecule has 90 valence electrons. The minimum absolute atomic E-state index is 0.401. The molecule has 1 saturated heterocycles. The summed E-state index contributed by atoms with van der Waals surface area (Å²) in [5.74, 6) is 0.651. The number of halogens is 1. The Hall–Kier alpha value is -0.390. The highest BCUT2D eigenvalue weighted by Crippen LogP contribution is 2.28. The van der Waals surface area contributed by atoms with E-state index in [1.807, 2.05) is 0 Å². The van der Waals surface area contributed by atoms with Gasteiger partial charge in [0.1, 0.15) is 0 Å². The minimum Gasteiger partial charge on any atom is -0.377 e. The molecule has 6 heteroatoms. The molecule has 0 saturated carbocycles. The number of aromatic nitrogens is 2. The van der Waals surface area contributed by atoms with Gasteiger partial charge in [0.2, 0.25) is 9.60 Å². The monoisotopic (exact) mass is 261 g/mol. The van der Waals surface area contributed by atoms with Crippen LogP contribution >= 0.6 is 22.9 Å². The van der Waals surface area contributed by atoms with Crippen molar-refractivity contribution in [3.05, 3.63) is 4.47 Å².